The van der Waals surface area contributed by atoms with Gasteiger partial charge in [-0.3, -0.25) is 9.69 Å². The van der Waals surface area contributed by atoms with E-state index in [-0.39, 0.29) is 11.8 Å². The molecule has 2 heterocycles. The van der Waals surface area contributed by atoms with E-state index < -0.39 is 0 Å². The van der Waals surface area contributed by atoms with E-state index in [0.29, 0.717) is 13.1 Å². The quantitative estimate of drug-likeness (QED) is 0.835. The maximum absolute atomic E-state index is 12.0. The number of hydrogen-bond acceptors (Lipinski definition) is 5. The van der Waals surface area contributed by atoms with Crippen molar-refractivity contribution in [3.63, 3.8) is 0 Å². The highest BCUT2D eigenvalue weighted by Gasteiger charge is 2.25. The van der Waals surface area contributed by atoms with Gasteiger partial charge in [-0.05, 0) is 26.3 Å². The summed E-state index contributed by atoms with van der Waals surface area (Å²) in [5.41, 5.74) is 6.48. The second kappa shape index (κ2) is 6.98. The summed E-state index contributed by atoms with van der Waals surface area (Å²) >= 11 is 1.70. The Labute approximate surface area is 118 Å². The summed E-state index contributed by atoms with van der Waals surface area (Å²) in [5, 5.41) is 6.10. The van der Waals surface area contributed by atoms with Gasteiger partial charge in [0.1, 0.15) is 5.01 Å². The van der Waals surface area contributed by atoms with Crippen molar-refractivity contribution in [1.82, 2.24) is 15.2 Å². The number of aryl methyl sites for hydroxylation is 1. The molecular weight excluding hydrogens is 260 g/mol. The number of nitrogens with two attached hydrogens (primary N) is 1. The van der Waals surface area contributed by atoms with Gasteiger partial charge in [0.2, 0.25) is 5.91 Å². The number of nitrogens with one attached hydrogen (secondary N) is 1. The zero-order chi connectivity index (χ0) is 13.7. The van der Waals surface area contributed by atoms with E-state index in [0.717, 1.165) is 43.2 Å². The third-order valence-electron chi connectivity index (χ3n) is 3.35. The second-order valence-corrected chi connectivity index (χ2v) is 5.98. The van der Waals surface area contributed by atoms with Crippen LogP contribution in [0.25, 0.3) is 0 Å². The largest absolute Gasteiger partial charge is 0.355 e. The van der Waals surface area contributed by atoms with Crippen LogP contribution in [0.2, 0.25) is 0 Å². The van der Waals surface area contributed by atoms with E-state index in [1.165, 1.54) is 0 Å². The molecule has 106 valence electrons. The number of aromatic nitrogens is 1. The summed E-state index contributed by atoms with van der Waals surface area (Å²) in [6, 6.07) is 0. The third-order valence-corrected chi connectivity index (χ3v) is 4.30. The van der Waals surface area contributed by atoms with Gasteiger partial charge in [0.05, 0.1) is 12.5 Å². The first kappa shape index (κ1) is 14.4. The Morgan fingerprint density at radius 2 is 2.53 bits per heavy atom. The van der Waals surface area contributed by atoms with Crippen LogP contribution in [0.15, 0.2) is 5.38 Å². The Morgan fingerprint density at radius 1 is 1.68 bits per heavy atom. The molecule has 0 saturated carbocycles. The van der Waals surface area contributed by atoms with E-state index >= 15 is 0 Å². The van der Waals surface area contributed by atoms with Crippen molar-refractivity contribution in [2.75, 3.05) is 26.2 Å². The van der Waals surface area contributed by atoms with E-state index in [2.05, 4.69) is 20.6 Å². The Kier molecular flexibility index (Phi) is 5.30. The molecule has 1 atom stereocenters. The van der Waals surface area contributed by atoms with Crippen molar-refractivity contribution in [2.45, 2.75) is 26.3 Å². The molecule has 1 amide bonds. The second-order valence-electron chi connectivity index (χ2n) is 5.04. The zero-order valence-electron chi connectivity index (χ0n) is 11.4. The molecule has 2 rings (SSSR count). The first-order valence-corrected chi connectivity index (χ1v) is 7.68. The van der Waals surface area contributed by atoms with Gasteiger partial charge < -0.3 is 11.1 Å². The smallest absolute Gasteiger partial charge is 0.224 e. The standard InChI is InChI=1S/C13H22N4OS/c1-10-9-19-12(16-10)8-17-6-2-3-11(7-17)13(18)15-5-4-14/h9,11H,2-8,14H2,1H3,(H,15,18). The summed E-state index contributed by atoms with van der Waals surface area (Å²) in [4.78, 5) is 18.8. The van der Waals surface area contributed by atoms with Crippen molar-refractivity contribution >= 4 is 17.2 Å². The predicted molar refractivity (Wildman–Crippen MR) is 76.9 cm³/mol. The number of carbonyl (C=O) groups is 1. The van der Waals surface area contributed by atoms with Gasteiger partial charge in [-0.15, -0.1) is 11.3 Å². The van der Waals surface area contributed by atoms with Crippen LogP contribution in [0.5, 0.6) is 0 Å². The number of amides is 1. The van der Waals surface area contributed by atoms with Crippen LogP contribution < -0.4 is 11.1 Å². The maximum atomic E-state index is 12.0. The van der Waals surface area contributed by atoms with Gasteiger partial charge in [0.25, 0.3) is 0 Å². The number of piperidine rings is 1. The van der Waals surface area contributed by atoms with Gasteiger partial charge in [0, 0.05) is 30.7 Å². The van der Waals surface area contributed by atoms with Crippen LogP contribution in [0, 0.1) is 12.8 Å². The number of rotatable bonds is 5. The molecule has 5 nitrogen and oxygen atoms in total. The maximum Gasteiger partial charge on any atom is 0.224 e. The summed E-state index contributed by atoms with van der Waals surface area (Å²) in [5.74, 6) is 0.242. The highest BCUT2D eigenvalue weighted by atomic mass is 32.1. The summed E-state index contributed by atoms with van der Waals surface area (Å²) in [7, 11) is 0. The summed E-state index contributed by atoms with van der Waals surface area (Å²) in [6.07, 6.45) is 2.05. The molecule has 1 saturated heterocycles. The number of nitrogens with zero attached hydrogens (tertiary/aromatic N) is 2. The van der Waals surface area contributed by atoms with Gasteiger partial charge in [-0.25, -0.2) is 4.98 Å². The minimum Gasteiger partial charge on any atom is -0.355 e. The molecular formula is C13H22N4OS. The Bertz CT molecular complexity index is 421. The lowest BCUT2D eigenvalue weighted by atomic mass is 9.97. The number of likely N-dealkylation sites (tertiary alicyclic amines) is 1. The summed E-state index contributed by atoms with van der Waals surface area (Å²) in [6.45, 7) is 5.83. The van der Waals surface area contributed by atoms with Crippen LogP contribution in [0.3, 0.4) is 0 Å². The van der Waals surface area contributed by atoms with E-state index in [9.17, 15) is 4.79 Å². The Hall–Kier alpha value is -0.980. The Morgan fingerprint density at radius 3 is 3.21 bits per heavy atom. The van der Waals surface area contributed by atoms with Gasteiger partial charge in [0.15, 0.2) is 0 Å². The lowest BCUT2D eigenvalue weighted by molar-refractivity contribution is -0.126. The molecule has 0 aliphatic carbocycles. The highest BCUT2D eigenvalue weighted by Crippen LogP contribution is 2.20. The zero-order valence-corrected chi connectivity index (χ0v) is 12.2. The van der Waals surface area contributed by atoms with Crippen LogP contribution in [-0.4, -0.2) is 42.0 Å². The minimum atomic E-state index is 0.0985. The highest BCUT2D eigenvalue weighted by molar-refractivity contribution is 7.09. The van der Waals surface area contributed by atoms with Gasteiger partial charge in [-0.2, -0.15) is 0 Å². The average Bonchev–Trinajstić information content (AvgIpc) is 2.81. The van der Waals surface area contributed by atoms with Crippen molar-refractivity contribution in [2.24, 2.45) is 11.7 Å². The van der Waals surface area contributed by atoms with Crippen molar-refractivity contribution in [3.05, 3.63) is 16.1 Å². The number of thiazole rings is 1. The molecule has 0 radical (unpaired) electrons. The molecule has 1 aliphatic heterocycles. The normalized spacial score (nSPS) is 20.4. The third kappa shape index (κ3) is 4.26. The molecule has 1 fully saturated rings. The lowest BCUT2D eigenvalue weighted by Crippen LogP contribution is -2.43. The molecule has 3 N–H and O–H groups in total. The molecule has 1 aromatic rings. The first-order valence-electron chi connectivity index (χ1n) is 6.80. The van der Waals surface area contributed by atoms with E-state index in [1.807, 2.05) is 6.92 Å². The van der Waals surface area contributed by atoms with E-state index in [4.69, 9.17) is 5.73 Å². The van der Waals surface area contributed by atoms with Crippen LogP contribution in [0.1, 0.15) is 23.5 Å². The van der Waals surface area contributed by atoms with Crippen LogP contribution >= 0.6 is 11.3 Å². The fourth-order valence-corrected chi connectivity index (χ4v) is 3.23. The summed E-state index contributed by atoms with van der Waals surface area (Å²) < 4.78 is 0. The molecule has 0 bridgehead atoms. The average molecular weight is 282 g/mol. The lowest BCUT2D eigenvalue weighted by Gasteiger charge is -2.31. The first-order chi connectivity index (χ1) is 9.19. The SMILES string of the molecule is Cc1csc(CN2CCCC(C(=O)NCCN)C2)n1. The molecule has 0 spiro atoms. The molecule has 19 heavy (non-hydrogen) atoms. The van der Waals surface area contributed by atoms with Crippen molar-refractivity contribution in [1.29, 1.82) is 0 Å². The minimum absolute atomic E-state index is 0.0985. The van der Waals surface area contributed by atoms with Crippen molar-refractivity contribution in [3.8, 4) is 0 Å². The fraction of sp³-hybridized carbons (Fsp3) is 0.692. The molecule has 1 unspecified atom stereocenters. The molecule has 1 aromatic heterocycles. The van der Waals surface area contributed by atoms with E-state index in [1.54, 1.807) is 11.3 Å². The molecule has 6 heteroatoms. The number of carbonyl (C=O) groups excluding carboxylic acids is 1. The van der Waals surface area contributed by atoms with Gasteiger partial charge >= 0.3 is 0 Å². The fourth-order valence-electron chi connectivity index (χ4n) is 2.42. The molecule has 1 aliphatic rings. The van der Waals surface area contributed by atoms with Crippen LogP contribution in [0.4, 0.5) is 0 Å². The predicted octanol–water partition coefficient (Wildman–Crippen LogP) is 0.738. The van der Waals surface area contributed by atoms with Crippen LogP contribution in [-0.2, 0) is 11.3 Å². The Balaban J connectivity index is 1.84. The monoisotopic (exact) mass is 282 g/mol. The topological polar surface area (TPSA) is 71.2 Å². The van der Waals surface area contributed by atoms with Gasteiger partial charge in [-0.1, -0.05) is 0 Å². The molecule has 0 aromatic carbocycles. The van der Waals surface area contributed by atoms with Crippen molar-refractivity contribution < 1.29 is 4.79 Å². The number of hydrogen-bond donors (Lipinski definition) is 2.